The van der Waals surface area contributed by atoms with Crippen molar-refractivity contribution < 1.29 is 26.9 Å². The standard InChI is InChI=1S/C28H35NO6S/c1-26(2)17-9-10-27(26,22(30)14-17)15-36(31,32)35-21-8-6-18-19-13-16-5-7-20(33-4)24-23(16)28(18,25(21)34-24)11-12-29(19)3/h5-8,17-19,21,25H,9-15H2,1-4H3/t17?,18-,19+,21-,25-,27+,28-/m0/s1. The molecule has 194 valence electrons. The van der Waals surface area contributed by atoms with E-state index in [-0.39, 0.29) is 34.2 Å². The van der Waals surface area contributed by atoms with Crippen LogP contribution in [0.1, 0.15) is 50.7 Å². The second-order valence-electron chi connectivity index (χ2n) is 12.6. The van der Waals surface area contributed by atoms with Crippen molar-refractivity contribution in [2.45, 2.75) is 69.6 Å². The van der Waals surface area contributed by atoms with Crippen LogP contribution in [-0.4, -0.2) is 63.8 Å². The van der Waals surface area contributed by atoms with Gasteiger partial charge in [-0.15, -0.1) is 0 Å². The maximum atomic E-state index is 13.6. The summed E-state index contributed by atoms with van der Waals surface area (Å²) in [6.45, 7) is 5.03. The van der Waals surface area contributed by atoms with Crippen LogP contribution in [0.3, 0.4) is 0 Å². The summed E-state index contributed by atoms with van der Waals surface area (Å²) in [6.07, 6.45) is 6.68. The molecule has 0 radical (unpaired) electrons. The zero-order chi connectivity index (χ0) is 25.3. The van der Waals surface area contributed by atoms with E-state index in [0.717, 1.165) is 31.6 Å². The van der Waals surface area contributed by atoms with E-state index < -0.39 is 27.7 Å². The van der Waals surface area contributed by atoms with Crippen molar-refractivity contribution in [2.75, 3.05) is 26.5 Å². The fourth-order valence-electron chi connectivity index (χ4n) is 9.07. The van der Waals surface area contributed by atoms with Crippen LogP contribution in [0.4, 0.5) is 0 Å². The van der Waals surface area contributed by atoms with Crippen LogP contribution in [0.15, 0.2) is 24.3 Å². The molecule has 7 atom stereocenters. The first kappa shape index (κ1) is 23.2. The van der Waals surface area contributed by atoms with Crippen LogP contribution in [0, 0.1) is 22.7 Å². The minimum absolute atomic E-state index is 0.0816. The third-order valence-corrected chi connectivity index (χ3v) is 12.5. The molecule has 7 nitrogen and oxygen atoms in total. The third-order valence-electron chi connectivity index (χ3n) is 11.2. The van der Waals surface area contributed by atoms with Crippen LogP contribution >= 0.6 is 0 Å². The molecular weight excluding hydrogens is 478 g/mol. The number of methoxy groups -OCH3 is 1. The number of rotatable bonds is 5. The number of nitrogens with zero attached hydrogens (tertiary/aromatic N) is 1. The zero-order valence-corrected chi connectivity index (χ0v) is 22.3. The van der Waals surface area contributed by atoms with Gasteiger partial charge in [0.05, 0.1) is 18.3 Å². The highest BCUT2D eigenvalue weighted by Crippen LogP contribution is 2.65. The van der Waals surface area contributed by atoms with Gasteiger partial charge in [0.1, 0.15) is 18.0 Å². The van der Waals surface area contributed by atoms with Gasteiger partial charge >= 0.3 is 0 Å². The second kappa shape index (κ2) is 7.14. The zero-order valence-electron chi connectivity index (χ0n) is 21.5. The van der Waals surface area contributed by atoms with Crippen LogP contribution in [0.25, 0.3) is 0 Å². The lowest BCUT2D eigenvalue weighted by atomic mass is 9.53. The van der Waals surface area contributed by atoms with E-state index in [9.17, 15) is 13.2 Å². The predicted molar refractivity (Wildman–Crippen MR) is 134 cm³/mol. The Morgan fingerprint density at radius 3 is 2.67 bits per heavy atom. The average Bonchev–Trinajstić information content (AvgIpc) is 3.35. The molecular formula is C28H35NO6S. The first-order chi connectivity index (χ1) is 17.0. The normalized spacial score (nSPS) is 41.3. The van der Waals surface area contributed by atoms with Crippen molar-refractivity contribution in [3.8, 4) is 11.5 Å². The minimum Gasteiger partial charge on any atom is -0.493 e. The van der Waals surface area contributed by atoms with Gasteiger partial charge in [-0.05, 0) is 62.2 Å². The highest BCUT2D eigenvalue weighted by Gasteiger charge is 2.67. The van der Waals surface area contributed by atoms with Crippen LogP contribution in [-0.2, 0) is 30.9 Å². The molecule has 1 aromatic carbocycles. The van der Waals surface area contributed by atoms with Gasteiger partial charge in [0, 0.05) is 29.4 Å². The monoisotopic (exact) mass is 513 g/mol. The lowest BCUT2D eigenvalue weighted by Gasteiger charge is -2.56. The summed E-state index contributed by atoms with van der Waals surface area (Å²) in [6, 6.07) is 4.43. The van der Waals surface area contributed by atoms with Gasteiger partial charge < -0.3 is 14.4 Å². The van der Waals surface area contributed by atoms with Crippen LogP contribution in [0.2, 0.25) is 0 Å². The summed E-state index contributed by atoms with van der Waals surface area (Å²) in [5.74, 6) is 1.73. The van der Waals surface area contributed by atoms with E-state index in [4.69, 9.17) is 13.7 Å². The summed E-state index contributed by atoms with van der Waals surface area (Å²) in [4.78, 5) is 15.4. The summed E-state index contributed by atoms with van der Waals surface area (Å²) < 4.78 is 45.6. The lowest BCUT2D eigenvalue weighted by molar-refractivity contribution is -0.128. The molecule has 7 rings (SSSR count). The number of ether oxygens (including phenoxy) is 2. The number of benzene rings is 1. The van der Waals surface area contributed by atoms with Gasteiger partial charge in [0.15, 0.2) is 11.5 Å². The van der Waals surface area contributed by atoms with Crippen molar-refractivity contribution in [1.29, 1.82) is 0 Å². The van der Waals surface area contributed by atoms with Crippen molar-refractivity contribution in [2.24, 2.45) is 22.7 Å². The second-order valence-corrected chi connectivity index (χ2v) is 14.1. The number of carbonyl (C=O) groups excluding carboxylic acids is 1. The molecule has 6 aliphatic rings. The predicted octanol–water partition coefficient (Wildman–Crippen LogP) is 3.25. The molecule has 2 saturated carbocycles. The number of likely N-dealkylation sites (N-methyl/N-ethyl adjacent to an activating group) is 1. The Kier molecular flexibility index (Phi) is 4.61. The molecule has 0 N–H and O–H groups in total. The Hall–Kier alpha value is -1.90. The quantitative estimate of drug-likeness (QED) is 0.442. The van der Waals surface area contributed by atoms with Gasteiger partial charge in [-0.3, -0.25) is 8.98 Å². The van der Waals surface area contributed by atoms with Crippen LogP contribution < -0.4 is 9.47 Å². The van der Waals surface area contributed by atoms with Crippen molar-refractivity contribution in [3.63, 3.8) is 0 Å². The van der Waals surface area contributed by atoms with Gasteiger partial charge in [0.25, 0.3) is 10.1 Å². The largest absolute Gasteiger partial charge is 0.493 e. The first-order valence-corrected chi connectivity index (χ1v) is 14.8. The van der Waals surface area contributed by atoms with Crippen LogP contribution in [0.5, 0.6) is 11.5 Å². The summed E-state index contributed by atoms with van der Waals surface area (Å²) in [7, 11) is -0.182. The average molecular weight is 514 g/mol. The number of ketones is 1. The van der Waals surface area contributed by atoms with Crippen molar-refractivity contribution in [3.05, 3.63) is 35.4 Å². The molecule has 2 heterocycles. The Morgan fingerprint density at radius 2 is 1.97 bits per heavy atom. The molecule has 3 fully saturated rings. The van der Waals surface area contributed by atoms with Gasteiger partial charge in [-0.2, -0.15) is 8.42 Å². The maximum absolute atomic E-state index is 13.6. The maximum Gasteiger partial charge on any atom is 0.269 e. The van der Waals surface area contributed by atoms with E-state index in [1.54, 1.807) is 7.11 Å². The Balaban J connectivity index is 1.27. The molecule has 8 heteroatoms. The Bertz CT molecular complexity index is 1300. The Morgan fingerprint density at radius 1 is 1.17 bits per heavy atom. The molecule has 4 bridgehead atoms. The topological polar surface area (TPSA) is 82.1 Å². The fourth-order valence-corrected chi connectivity index (χ4v) is 10.9. The van der Waals surface area contributed by atoms with E-state index >= 15 is 0 Å². The first-order valence-electron chi connectivity index (χ1n) is 13.2. The highest BCUT2D eigenvalue weighted by atomic mass is 32.2. The SMILES string of the molecule is COc1ccc2c3c1O[C@H]1[C@@H](OS(=O)(=O)C[C@]45CCC(CC4=O)C5(C)C)C=C[C@H]4[C@@H](C2)N(C)CC[C@@]341. The number of Topliss-reactive ketones (excluding diaryl/α,β-unsaturated/α-hetero) is 1. The van der Waals surface area contributed by atoms with Gasteiger partial charge in [-0.1, -0.05) is 32.1 Å². The lowest BCUT2D eigenvalue weighted by Crippen LogP contribution is -2.65. The minimum atomic E-state index is -4.00. The number of hydrogen-bond acceptors (Lipinski definition) is 7. The number of fused-ring (bicyclic) bond motifs is 2. The van der Waals surface area contributed by atoms with E-state index in [2.05, 4.69) is 37.9 Å². The fraction of sp³-hybridized carbons (Fsp3) is 0.679. The van der Waals surface area contributed by atoms with E-state index in [0.29, 0.717) is 24.6 Å². The van der Waals surface area contributed by atoms with Gasteiger partial charge in [0.2, 0.25) is 0 Å². The third kappa shape index (κ3) is 2.66. The molecule has 4 aliphatic carbocycles. The molecule has 1 spiro atoms. The molecule has 0 aromatic heterocycles. The Labute approximate surface area is 213 Å². The number of likely N-dealkylation sites (tertiary alicyclic amines) is 1. The van der Waals surface area contributed by atoms with E-state index in [1.165, 1.54) is 11.1 Å². The molecule has 1 saturated heterocycles. The number of piperidine rings is 1. The summed E-state index contributed by atoms with van der Waals surface area (Å²) >= 11 is 0. The summed E-state index contributed by atoms with van der Waals surface area (Å²) in [5, 5.41) is 0. The molecule has 1 aromatic rings. The molecule has 36 heavy (non-hydrogen) atoms. The highest BCUT2D eigenvalue weighted by molar-refractivity contribution is 7.86. The summed E-state index contributed by atoms with van der Waals surface area (Å²) in [5.41, 5.74) is 0.908. The van der Waals surface area contributed by atoms with Crippen molar-refractivity contribution >= 4 is 15.9 Å². The number of hydrogen-bond donors (Lipinski definition) is 0. The molecule has 1 unspecified atom stereocenters. The van der Waals surface area contributed by atoms with Crippen molar-refractivity contribution in [1.82, 2.24) is 4.90 Å². The number of carbonyl (C=O) groups is 1. The van der Waals surface area contributed by atoms with Gasteiger partial charge in [-0.25, -0.2) is 0 Å². The van der Waals surface area contributed by atoms with E-state index in [1.807, 2.05) is 12.1 Å². The smallest absolute Gasteiger partial charge is 0.269 e. The molecule has 0 amide bonds. The molecule has 2 aliphatic heterocycles.